The van der Waals surface area contributed by atoms with Crippen molar-refractivity contribution in [3.8, 4) is 6.07 Å². The molecular weight excluding hydrogens is 192 g/mol. The lowest BCUT2D eigenvalue weighted by Crippen LogP contribution is -2.04. The van der Waals surface area contributed by atoms with Gasteiger partial charge in [-0.15, -0.1) is 0 Å². The van der Waals surface area contributed by atoms with E-state index in [1.807, 2.05) is 0 Å². The molecule has 0 heterocycles. The van der Waals surface area contributed by atoms with Crippen LogP contribution >= 0.6 is 11.6 Å². The van der Waals surface area contributed by atoms with E-state index >= 15 is 0 Å². The first-order valence-corrected chi connectivity index (χ1v) is 3.66. The summed E-state index contributed by atoms with van der Waals surface area (Å²) in [5.74, 6) is -1.20. The molecule has 0 amide bonds. The average molecular weight is 197 g/mol. The maximum Gasteiger partial charge on any atom is 0.337 e. The molecular formula is C8H5ClN2O2. The predicted molar refractivity (Wildman–Crippen MR) is 47.5 cm³/mol. The third-order valence-electron chi connectivity index (χ3n) is 1.50. The number of hydrogen-bond donors (Lipinski definition) is 2. The molecule has 0 aliphatic heterocycles. The highest BCUT2D eigenvalue weighted by atomic mass is 35.5. The van der Waals surface area contributed by atoms with Crippen molar-refractivity contribution >= 4 is 23.3 Å². The number of nitriles is 1. The van der Waals surface area contributed by atoms with Gasteiger partial charge in [0.1, 0.15) is 6.07 Å². The molecule has 0 aliphatic rings. The van der Waals surface area contributed by atoms with E-state index in [-0.39, 0.29) is 21.8 Å². The topological polar surface area (TPSA) is 87.1 Å². The smallest absolute Gasteiger partial charge is 0.337 e. The Kier molecular flexibility index (Phi) is 2.40. The highest BCUT2D eigenvalue weighted by Crippen LogP contribution is 2.22. The van der Waals surface area contributed by atoms with Crippen LogP contribution in [0, 0.1) is 11.3 Å². The molecule has 0 radical (unpaired) electrons. The number of hydrogen-bond acceptors (Lipinski definition) is 3. The zero-order valence-corrected chi connectivity index (χ0v) is 7.17. The number of carboxylic acid groups (broad SMARTS) is 1. The number of nitrogens with zero attached hydrogens (tertiary/aromatic N) is 1. The van der Waals surface area contributed by atoms with Crippen LogP contribution in [0.5, 0.6) is 0 Å². The van der Waals surface area contributed by atoms with Gasteiger partial charge in [-0.1, -0.05) is 11.6 Å². The number of carbonyl (C=O) groups is 1. The molecule has 0 unspecified atom stereocenters. The quantitative estimate of drug-likeness (QED) is 0.667. The van der Waals surface area contributed by atoms with Crippen molar-refractivity contribution in [2.75, 3.05) is 5.73 Å². The predicted octanol–water partition coefficient (Wildman–Crippen LogP) is 1.49. The number of halogens is 1. The molecule has 66 valence electrons. The van der Waals surface area contributed by atoms with Crippen LogP contribution in [-0.2, 0) is 0 Å². The Morgan fingerprint density at radius 2 is 2.23 bits per heavy atom. The Morgan fingerprint density at radius 3 is 2.69 bits per heavy atom. The summed E-state index contributed by atoms with van der Waals surface area (Å²) in [5, 5.41) is 17.4. The molecule has 0 atom stereocenters. The molecule has 1 rings (SSSR count). The Balaban J connectivity index is 3.47. The van der Waals surface area contributed by atoms with Crippen molar-refractivity contribution < 1.29 is 9.90 Å². The number of nitrogen functional groups attached to an aromatic ring is 1. The highest BCUT2D eigenvalue weighted by Gasteiger charge is 2.12. The Morgan fingerprint density at radius 1 is 1.62 bits per heavy atom. The van der Waals surface area contributed by atoms with Crippen molar-refractivity contribution in [3.05, 3.63) is 28.3 Å². The van der Waals surface area contributed by atoms with Crippen LogP contribution in [-0.4, -0.2) is 11.1 Å². The van der Waals surface area contributed by atoms with Crippen LogP contribution in [0.2, 0.25) is 5.02 Å². The largest absolute Gasteiger partial charge is 0.478 e. The van der Waals surface area contributed by atoms with Crippen molar-refractivity contribution in [2.45, 2.75) is 0 Å². The molecule has 0 saturated heterocycles. The second-order valence-corrected chi connectivity index (χ2v) is 2.77. The summed E-state index contributed by atoms with van der Waals surface area (Å²) in [7, 11) is 0. The minimum atomic E-state index is -1.20. The zero-order valence-electron chi connectivity index (χ0n) is 6.41. The maximum atomic E-state index is 10.6. The molecule has 0 saturated carbocycles. The molecule has 5 heteroatoms. The van der Waals surface area contributed by atoms with Crippen LogP contribution in [0.3, 0.4) is 0 Å². The summed E-state index contributed by atoms with van der Waals surface area (Å²) in [5.41, 5.74) is 5.27. The molecule has 4 nitrogen and oxygen atoms in total. The molecule has 0 bridgehead atoms. The van der Waals surface area contributed by atoms with Gasteiger partial charge in [0.25, 0.3) is 0 Å². The molecule has 0 fully saturated rings. The molecule has 3 N–H and O–H groups in total. The SMILES string of the molecule is N#Cc1cc(Cl)cc(C(=O)O)c1N. The van der Waals surface area contributed by atoms with E-state index in [9.17, 15) is 4.79 Å². The second kappa shape index (κ2) is 3.33. The first-order valence-electron chi connectivity index (χ1n) is 3.28. The highest BCUT2D eigenvalue weighted by molar-refractivity contribution is 6.31. The third kappa shape index (κ3) is 1.71. The van der Waals surface area contributed by atoms with E-state index in [4.69, 9.17) is 27.7 Å². The molecule has 0 spiro atoms. The minimum Gasteiger partial charge on any atom is -0.478 e. The Labute approximate surface area is 79.2 Å². The zero-order chi connectivity index (χ0) is 10.0. The average Bonchev–Trinajstić information content (AvgIpc) is 2.08. The molecule has 13 heavy (non-hydrogen) atoms. The van der Waals surface area contributed by atoms with E-state index in [0.29, 0.717) is 0 Å². The lowest BCUT2D eigenvalue weighted by Gasteiger charge is -2.02. The van der Waals surface area contributed by atoms with Gasteiger partial charge in [0.15, 0.2) is 0 Å². The molecule has 0 aromatic heterocycles. The number of anilines is 1. The van der Waals surface area contributed by atoms with Gasteiger partial charge in [-0.3, -0.25) is 0 Å². The van der Waals surface area contributed by atoms with Crippen LogP contribution in [0.25, 0.3) is 0 Å². The first-order chi connectivity index (χ1) is 6.06. The van der Waals surface area contributed by atoms with Gasteiger partial charge in [-0.2, -0.15) is 5.26 Å². The fraction of sp³-hybridized carbons (Fsp3) is 0. The number of carboxylic acids is 1. The van der Waals surface area contributed by atoms with E-state index in [1.54, 1.807) is 6.07 Å². The fourth-order valence-corrected chi connectivity index (χ4v) is 1.11. The third-order valence-corrected chi connectivity index (χ3v) is 1.71. The Hall–Kier alpha value is -1.73. The number of nitrogens with two attached hydrogens (primary N) is 1. The lowest BCUT2D eigenvalue weighted by atomic mass is 10.1. The van der Waals surface area contributed by atoms with E-state index in [1.165, 1.54) is 12.1 Å². The summed E-state index contributed by atoms with van der Waals surface area (Å²) in [6, 6.07) is 4.29. The normalized spacial score (nSPS) is 9.23. The summed E-state index contributed by atoms with van der Waals surface area (Å²) in [6.45, 7) is 0. The van der Waals surface area contributed by atoms with Crippen molar-refractivity contribution in [1.82, 2.24) is 0 Å². The first kappa shape index (κ1) is 9.36. The van der Waals surface area contributed by atoms with Crippen LogP contribution in [0.15, 0.2) is 12.1 Å². The summed E-state index contributed by atoms with van der Waals surface area (Å²) in [4.78, 5) is 10.6. The minimum absolute atomic E-state index is 0.0561. The van der Waals surface area contributed by atoms with Crippen LogP contribution in [0.1, 0.15) is 15.9 Å². The van der Waals surface area contributed by atoms with Crippen molar-refractivity contribution in [1.29, 1.82) is 5.26 Å². The van der Waals surface area contributed by atoms with Crippen LogP contribution in [0.4, 0.5) is 5.69 Å². The van der Waals surface area contributed by atoms with Crippen LogP contribution < -0.4 is 5.73 Å². The number of aromatic carboxylic acids is 1. The molecule has 0 aliphatic carbocycles. The fourth-order valence-electron chi connectivity index (χ4n) is 0.887. The second-order valence-electron chi connectivity index (χ2n) is 2.33. The summed E-state index contributed by atoms with van der Waals surface area (Å²) in [6.07, 6.45) is 0. The Bertz CT molecular complexity index is 409. The van der Waals surface area contributed by atoms with Gasteiger partial charge in [-0.05, 0) is 12.1 Å². The van der Waals surface area contributed by atoms with Gasteiger partial charge >= 0.3 is 5.97 Å². The van der Waals surface area contributed by atoms with Gasteiger partial charge in [0, 0.05) is 5.02 Å². The monoisotopic (exact) mass is 196 g/mol. The summed E-state index contributed by atoms with van der Waals surface area (Å²) >= 11 is 5.57. The van der Waals surface area contributed by atoms with Crippen molar-refractivity contribution in [2.24, 2.45) is 0 Å². The van der Waals surface area contributed by atoms with E-state index < -0.39 is 5.97 Å². The maximum absolute atomic E-state index is 10.6. The van der Waals surface area contributed by atoms with Crippen molar-refractivity contribution in [3.63, 3.8) is 0 Å². The van der Waals surface area contributed by atoms with Gasteiger partial charge < -0.3 is 10.8 Å². The lowest BCUT2D eigenvalue weighted by molar-refractivity contribution is 0.0698. The van der Waals surface area contributed by atoms with E-state index in [0.717, 1.165) is 0 Å². The standard InChI is InChI=1S/C8H5ClN2O2/c9-5-1-4(3-10)7(11)6(2-5)8(12)13/h1-2H,11H2,(H,12,13). The van der Waals surface area contributed by atoms with Gasteiger partial charge in [-0.25, -0.2) is 4.79 Å². The summed E-state index contributed by atoms with van der Waals surface area (Å²) < 4.78 is 0. The number of benzene rings is 1. The van der Waals surface area contributed by atoms with Gasteiger partial charge in [0.05, 0.1) is 16.8 Å². The van der Waals surface area contributed by atoms with E-state index in [2.05, 4.69) is 0 Å². The molecule has 1 aromatic carbocycles. The molecule has 1 aromatic rings. The number of rotatable bonds is 1. The van der Waals surface area contributed by atoms with Gasteiger partial charge in [0.2, 0.25) is 0 Å².